The van der Waals surface area contributed by atoms with Crippen LogP contribution in [0.15, 0.2) is 24.3 Å². The second-order valence-electron chi connectivity index (χ2n) is 2.66. The summed E-state index contributed by atoms with van der Waals surface area (Å²) in [7, 11) is 1.65. The fraction of sp³-hybridized carbons (Fsp3) is 0.182. The molecule has 0 atom stereocenters. The molecule has 0 aliphatic heterocycles. The summed E-state index contributed by atoms with van der Waals surface area (Å²) in [6, 6.07) is 7.13. The van der Waals surface area contributed by atoms with Crippen LogP contribution >= 0.6 is 0 Å². The maximum absolute atomic E-state index is 11.3. The molecule has 0 aliphatic carbocycles. The van der Waals surface area contributed by atoms with E-state index in [9.17, 15) is 4.79 Å². The van der Waals surface area contributed by atoms with Crippen molar-refractivity contribution >= 4 is 5.91 Å². The van der Waals surface area contributed by atoms with E-state index in [1.807, 2.05) is 12.1 Å². The number of nitrogens with one attached hydrogen (secondary N) is 2. The number of hydrogen-bond donors (Lipinski definition) is 2. The molecule has 0 saturated heterocycles. The van der Waals surface area contributed by atoms with Crippen LogP contribution in [0.2, 0.25) is 0 Å². The maximum atomic E-state index is 11.3. The van der Waals surface area contributed by atoms with E-state index in [2.05, 4.69) is 22.7 Å². The molecular weight excluding hydrogens is 176 g/mol. The van der Waals surface area contributed by atoms with Crippen LogP contribution in [0, 0.1) is 11.8 Å². The molecule has 0 heterocycles. The van der Waals surface area contributed by atoms with Crippen LogP contribution < -0.4 is 10.9 Å². The summed E-state index contributed by atoms with van der Waals surface area (Å²) < 4.78 is 0. The molecule has 1 rings (SSSR count). The summed E-state index contributed by atoms with van der Waals surface area (Å²) in [5, 5.41) is 0. The van der Waals surface area contributed by atoms with Crippen molar-refractivity contribution in [3.63, 3.8) is 0 Å². The number of hydrazine groups is 1. The molecule has 0 saturated carbocycles. The zero-order chi connectivity index (χ0) is 10.4. The molecule has 14 heavy (non-hydrogen) atoms. The second kappa shape index (κ2) is 5.05. The number of benzene rings is 1. The van der Waals surface area contributed by atoms with Gasteiger partial charge in [-0.05, 0) is 31.2 Å². The van der Waals surface area contributed by atoms with Crippen molar-refractivity contribution in [2.24, 2.45) is 0 Å². The van der Waals surface area contributed by atoms with Gasteiger partial charge in [0.05, 0.1) is 0 Å². The molecule has 1 aromatic carbocycles. The Morgan fingerprint density at radius 2 is 1.93 bits per heavy atom. The maximum Gasteiger partial charge on any atom is 0.265 e. The number of rotatable bonds is 2. The molecule has 0 fully saturated rings. The SMILES string of the molecule is CC#Cc1ccc(C(=O)NNC)cc1. The van der Waals surface area contributed by atoms with Crippen LogP contribution in [0.5, 0.6) is 0 Å². The third-order valence-corrected chi connectivity index (χ3v) is 1.65. The molecule has 0 spiro atoms. The molecule has 1 amide bonds. The third-order valence-electron chi connectivity index (χ3n) is 1.65. The van der Waals surface area contributed by atoms with Crippen LogP contribution in [-0.2, 0) is 0 Å². The van der Waals surface area contributed by atoms with E-state index in [-0.39, 0.29) is 5.91 Å². The summed E-state index contributed by atoms with van der Waals surface area (Å²) in [4.78, 5) is 11.3. The van der Waals surface area contributed by atoms with Gasteiger partial charge in [-0.15, -0.1) is 5.92 Å². The topological polar surface area (TPSA) is 41.1 Å². The Labute approximate surface area is 83.5 Å². The summed E-state index contributed by atoms with van der Waals surface area (Å²) in [5.74, 6) is 5.55. The van der Waals surface area contributed by atoms with Gasteiger partial charge in [0.1, 0.15) is 0 Å². The van der Waals surface area contributed by atoms with Crippen molar-refractivity contribution in [1.29, 1.82) is 0 Å². The van der Waals surface area contributed by atoms with Crippen molar-refractivity contribution in [2.75, 3.05) is 7.05 Å². The van der Waals surface area contributed by atoms with Crippen LogP contribution in [0.4, 0.5) is 0 Å². The van der Waals surface area contributed by atoms with Crippen LogP contribution in [-0.4, -0.2) is 13.0 Å². The molecule has 3 nitrogen and oxygen atoms in total. The van der Waals surface area contributed by atoms with Gasteiger partial charge >= 0.3 is 0 Å². The first-order valence-electron chi connectivity index (χ1n) is 4.28. The average Bonchev–Trinajstić information content (AvgIpc) is 2.20. The van der Waals surface area contributed by atoms with E-state index in [1.54, 1.807) is 26.1 Å². The number of carbonyl (C=O) groups excluding carboxylic acids is 1. The second-order valence-corrected chi connectivity index (χ2v) is 2.66. The predicted octanol–water partition coefficient (Wildman–Crippen LogP) is 0.922. The Kier molecular flexibility index (Phi) is 3.71. The van der Waals surface area contributed by atoms with Gasteiger partial charge in [0.15, 0.2) is 0 Å². The van der Waals surface area contributed by atoms with Crippen molar-refractivity contribution in [3.8, 4) is 11.8 Å². The first-order valence-corrected chi connectivity index (χ1v) is 4.28. The standard InChI is InChI=1S/C11H12N2O/c1-3-4-9-5-7-10(8-6-9)11(14)13-12-2/h5-8,12H,1-2H3,(H,13,14). The molecule has 0 aliphatic rings. The summed E-state index contributed by atoms with van der Waals surface area (Å²) in [6.07, 6.45) is 0. The highest BCUT2D eigenvalue weighted by molar-refractivity contribution is 5.93. The van der Waals surface area contributed by atoms with Crippen molar-refractivity contribution in [1.82, 2.24) is 10.9 Å². The van der Waals surface area contributed by atoms with Gasteiger partial charge in [-0.1, -0.05) is 5.92 Å². The number of amides is 1. The quantitative estimate of drug-likeness (QED) is 0.535. The Bertz CT molecular complexity index is 371. The number of hydrogen-bond acceptors (Lipinski definition) is 2. The molecule has 0 unspecified atom stereocenters. The first kappa shape index (κ1) is 10.3. The fourth-order valence-corrected chi connectivity index (χ4v) is 1.03. The molecule has 0 radical (unpaired) electrons. The van der Waals surface area contributed by atoms with E-state index in [1.165, 1.54) is 0 Å². The first-order chi connectivity index (χ1) is 6.77. The van der Waals surface area contributed by atoms with E-state index in [4.69, 9.17) is 0 Å². The molecular formula is C11H12N2O. The van der Waals surface area contributed by atoms with Gasteiger partial charge < -0.3 is 0 Å². The molecule has 2 N–H and O–H groups in total. The van der Waals surface area contributed by atoms with Gasteiger partial charge in [0, 0.05) is 18.2 Å². The monoisotopic (exact) mass is 188 g/mol. The fourth-order valence-electron chi connectivity index (χ4n) is 1.03. The predicted molar refractivity (Wildman–Crippen MR) is 55.5 cm³/mol. The zero-order valence-electron chi connectivity index (χ0n) is 8.22. The van der Waals surface area contributed by atoms with Gasteiger partial charge in [-0.2, -0.15) is 0 Å². The molecule has 3 heteroatoms. The molecule has 0 bridgehead atoms. The lowest BCUT2D eigenvalue weighted by atomic mass is 10.1. The van der Waals surface area contributed by atoms with Gasteiger partial charge in [0.25, 0.3) is 5.91 Å². The highest BCUT2D eigenvalue weighted by Gasteiger charge is 2.02. The van der Waals surface area contributed by atoms with Crippen molar-refractivity contribution < 1.29 is 4.79 Å². The highest BCUT2D eigenvalue weighted by Crippen LogP contribution is 2.02. The lowest BCUT2D eigenvalue weighted by Crippen LogP contribution is -2.34. The van der Waals surface area contributed by atoms with E-state index in [0.29, 0.717) is 5.56 Å². The minimum Gasteiger partial charge on any atom is -0.288 e. The van der Waals surface area contributed by atoms with Gasteiger partial charge in [0.2, 0.25) is 0 Å². The minimum atomic E-state index is -0.150. The van der Waals surface area contributed by atoms with E-state index in [0.717, 1.165) is 5.56 Å². The van der Waals surface area contributed by atoms with E-state index >= 15 is 0 Å². The largest absolute Gasteiger partial charge is 0.288 e. The molecule has 1 aromatic rings. The third kappa shape index (κ3) is 2.61. The Morgan fingerprint density at radius 1 is 1.29 bits per heavy atom. The van der Waals surface area contributed by atoms with Crippen molar-refractivity contribution in [2.45, 2.75) is 6.92 Å². The minimum absolute atomic E-state index is 0.150. The summed E-state index contributed by atoms with van der Waals surface area (Å²) in [5.41, 5.74) is 6.59. The molecule has 0 aromatic heterocycles. The lowest BCUT2D eigenvalue weighted by molar-refractivity contribution is 0.0938. The van der Waals surface area contributed by atoms with Gasteiger partial charge in [-0.3, -0.25) is 10.2 Å². The highest BCUT2D eigenvalue weighted by atomic mass is 16.2. The normalized spacial score (nSPS) is 8.71. The Hall–Kier alpha value is -1.79. The Balaban J connectivity index is 2.81. The lowest BCUT2D eigenvalue weighted by Gasteiger charge is -2.02. The summed E-state index contributed by atoms with van der Waals surface area (Å²) in [6.45, 7) is 1.78. The Morgan fingerprint density at radius 3 is 2.43 bits per heavy atom. The van der Waals surface area contributed by atoms with Crippen molar-refractivity contribution in [3.05, 3.63) is 35.4 Å². The smallest absolute Gasteiger partial charge is 0.265 e. The molecule has 72 valence electrons. The average molecular weight is 188 g/mol. The van der Waals surface area contributed by atoms with Crippen LogP contribution in [0.3, 0.4) is 0 Å². The summed E-state index contributed by atoms with van der Waals surface area (Å²) >= 11 is 0. The zero-order valence-corrected chi connectivity index (χ0v) is 8.22. The van der Waals surface area contributed by atoms with Gasteiger partial charge in [-0.25, -0.2) is 5.43 Å². The van der Waals surface area contributed by atoms with E-state index < -0.39 is 0 Å². The number of carbonyl (C=O) groups is 1. The van der Waals surface area contributed by atoms with Crippen LogP contribution in [0.25, 0.3) is 0 Å². The van der Waals surface area contributed by atoms with Crippen LogP contribution in [0.1, 0.15) is 22.8 Å².